The zero-order valence-electron chi connectivity index (χ0n) is 17.7. The van der Waals surface area contributed by atoms with E-state index >= 15 is 0 Å². The molecular weight excluding hydrogens is 416 g/mol. The summed E-state index contributed by atoms with van der Waals surface area (Å²) in [5.41, 5.74) is 4.32. The Morgan fingerprint density at radius 3 is 2.42 bits per heavy atom. The van der Waals surface area contributed by atoms with Gasteiger partial charge in [0.1, 0.15) is 0 Å². The Morgan fingerprint density at radius 2 is 1.84 bits per heavy atom. The van der Waals surface area contributed by atoms with Crippen molar-refractivity contribution in [3.8, 4) is 0 Å². The van der Waals surface area contributed by atoms with Gasteiger partial charge in [-0.1, -0.05) is 0 Å². The third-order valence-corrected chi connectivity index (χ3v) is 6.74. The minimum absolute atomic E-state index is 0.0269. The second kappa shape index (κ2) is 8.64. The van der Waals surface area contributed by atoms with Crippen molar-refractivity contribution in [2.75, 3.05) is 26.2 Å². The molecule has 0 bridgehead atoms. The van der Waals surface area contributed by atoms with Crippen LogP contribution in [0.2, 0.25) is 0 Å². The number of carbonyl (C=O) groups is 1. The highest BCUT2D eigenvalue weighted by atomic mass is 32.2. The van der Waals surface area contributed by atoms with Crippen molar-refractivity contribution in [1.82, 2.24) is 19.6 Å². The smallest absolute Gasteiger partial charge is 0.286 e. The number of thioether (sulfide) groups is 1. The van der Waals surface area contributed by atoms with Crippen molar-refractivity contribution in [2.24, 2.45) is 12.0 Å². The summed E-state index contributed by atoms with van der Waals surface area (Å²) < 4.78 is 1.93. The van der Waals surface area contributed by atoms with Crippen molar-refractivity contribution >= 4 is 34.6 Å². The summed E-state index contributed by atoms with van der Waals surface area (Å²) in [6, 6.07) is 6.14. The summed E-state index contributed by atoms with van der Waals surface area (Å²) in [6.07, 6.45) is 1.73. The predicted octanol–water partition coefficient (Wildman–Crippen LogP) is 2.73. The summed E-state index contributed by atoms with van der Waals surface area (Å²) in [7, 11) is 1.97. The second-order valence-electron chi connectivity index (χ2n) is 7.69. The number of rotatable bonds is 4. The number of nitro benzene ring substituents is 1. The minimum atomic E-state index is -0.440. The molecule has 0 spiro atoms. The van der Waals surface area contributed by atoms with Crippen molar-refractivity contribution in [3.05, 3.63) is 61.8 Å². The molecular formula is C21H24N6O3S. The first-order valence-corrected chi connectivity index (χ1v) is 10.9. The predicted molar refractivity (Wildman–Crippen MR) is 121 cm³/mol. The molecule has 0 aliphatic carbocycles. The Balaban J connectivity index is 1.35. The lowest BCUT2D eigenvalue weighted by molar-refractivity contribution is -0.384. The van der Waals surface area contributed by atoms with E-state index in [0.717, 1.165) is 49.1 Å². The first-order chi connectivity index (χ1) is 14.8. The zero-order chi connectivity index (χ0) is 22.1. The van der Waals surface area contributed by atoms with Crippen molar-refractivity contribution in [3.63, 3.8) is 0 Å². The summed E-state index contributed by atoms with van der Waals surface area (Å²) in [4.78, 5) is 32.0. The number of hydrogen-bond acceptors (Lipinski definition) is 7. The number of aliphatic imine (C=N–C) groups is 1. The van der Waals surface area contributed by atoms with Gasteiger partial charge in [-0.2, -0.15) is 10.1 Å². The standard InChI is InChI=1S/C21H24N6O3S/c1-14-18(15(2)24(3)23-14)13-25-8-10-26(11-9-25)21-22-20(28)19(31-21)12-16-4-6-17(7-5-16)27(29)30/h4-7,12H,8-11,13H2,1-3H3. The third-order valence-electron chi connectivity index (χ3n) is 5.69. The van der Waals surface area contributed by atoms with E-state index in [4.69, 9.17) is 0 Å². The summed E-state index contributed by atoms with van der Waals surface area (Å²) in [5, 5.41) is 16.0. The Labute approximate surface area is 184 Å². The first kappa shape index (κ1) is 21.3. The molecule has 1 saturated heterocycles. The van der Waals surface area contributed by atoms with Gasteiger partial charge in [-0.15, -0.1) is 0 Å². The van der Waals surface area contributed by atoms with E-state index < -0.39 is 4.92 Å². The summed E-state index contributed by atoms with van der Waals surface area (Å²) in [6.45, 7) is 8.42. The second-order valence-corrected chi connectivity index (χ2v) is 8.70. The molecule has 0 radical (unpaired) electrons. The van der Waals surface area contributed by atoms with Crippen LogP contribution in [0.3, 0.4) is 0 Å². The number of nitrogens with zero attached hydrogens (tertiary/aromatic N) is 6. The molecule has 1 amide bonds. The van der Waals surface area contributed by atoms with Gasteiger partial charge < -0.3 is 4.90 Å². The number of amidine groups is 1. The number of carbonyl (C=O) groups excluding carboxylic acids is 1. The van der Waals surface area contributed by atoms with E-state index in [1.807, 2.05) is 18.7 Å². The van der Waals surface area contributed by atoms with Gasteiger partial charge in [0.25, 0.3) is 11.6 Å². The highest BCUT2D eigenvalue weighted by molar-refractivity contribution is 8.18. The van der Waals surface area contributed by atoms with Crippen LogP contribution in [0.5, 0.6) is 0 Å². The molecule has 0 atom stereocenters. The fraction of sp³-hybridized carbons (Fsp3) is 0.381. The molecule has 4 rings (SSSR count). The topological polar surface area (TPSA) is 96.9 Å². The normalized spacial score (nSPS) is 18.7. The van der Waals surface area contributed by atoms with Crippen molar-refractivity contribution in [2.45, 2.75) is 20.4 Å². The van der Waals surface area contributed by atoms with Crippen LogP contribution < -0.4 is 0 Å². The number of non-ortho nitro benzene ring substituents is 1. The van der Waals surface area contributed by atoms with Crippen LogP contribution in [0.25, 0.3) is 6.08 Å². The molecule has 31 heavy (non-hydrogen) atoms. The number of nitro groups is 1. The largest absolute Gasteiger partial charge is 0.348 e. The quantitative estimate of drug-likeness (QED) is 0.410. The van der Waals surface area contributed by atoms with Crippen LogP contribution >= 0.6 is 11.8 Å². The number of aryl methyl sites for hydroxylation is 2. The van der Waals surface area contributed by atoms with Gasteiger partial charge in [-0.3, -0.25) is 24.5 Å². The maximum Gasteiger partial charge on any atom is 0.286 e. The molecule has 162 valence electrons. The maximum atomic E-state index is 12.4. The van der Waals surface area contributed by atoms with Crippen molar-refractivity contribution in [1.29, 1.82) is 0 Å². The van der Waals surface area contributed by atoms with E-state index in [1.54, 1.807) is 18.2 Å². The number of hydrogen-bond donors (Lipinski definition) is 0. The van der Waals surface area contributed by atoms with E-state index in [0.29, 0.717) is 4.91 Å². The highest BCUT2D eigenvalue weighted by Crippen LogP contribution is 2.31. The van der Waals surface area contributed by atoms with E-state index in [2.05, 4.69) is 26.8 Å². The molecule has 1 aromatic carbocycles. The van der Waals surface area contributed by atoms with Crippen LogP contribution in [0, 0.1) is 24.0 Å². The zero-order valence-corrected chi connectivity index (χ0v) is 18.6. The number of piperazine rings is 1. The molecule has 0 N–H and O–H groups in total. The van der Waals surface area contributed by atoms with Gasteiger partial charge in [0.05, 0.1) is 15.5 Å². The molecule has 3 heterocycles. The molecule has 1 aromatic heterocycles. The van der Waals surface area contributed by atoms with Crippen LogP contribution in [-0.2, 0) is 18.4 Å². The minimum Gasteiger partial charge on any atom is -0.348 e. The Morgan fingerprint density at radius 1 is 1.16 bits per heavy atom. The molecule has 9 nitrogen and oxygen atoms in total. The molecule has 0 unspecified atom stereocenters. The fourth-order valence-corrected chi connectivity index (χ4v) is 4.71. The third kappa shape index (κ3) is 4.54. The SMILES string of the molecule is Cc1nn(C)c(C)c1CN1CCN(C2=NC(=O)C(=Cc3ccc([N+](=O)[O-])cc3)S2)CC1. The van der Waals surface area contributed by atoms with Gasteiger partial charge >= 0.3 is 0 Å². The highest BCUT2D eigenvalue weighted by Gasteiger charge is 2.29. The number of amides is 1. The number of benzene rings is 1. The van der Waals surface area contributed by atoms with E-state index in [-0.39, 0.29) is 11.6 Å². The number of aromatic nitrogens is 2. The van der Waals surface area contributed by atoms with E-state index in [1.165, 1.54) is 35.2 Å². The fourth-order valence-electron chi connectivity index (χ4n) is 3.74. The maximum absolute atomic E-state index is 12.4. The molecule has 10 heteroatoms. The van der Waals surface area contributed by atoms with Crippen LogP contribution in [0.1, 0.15) is 22.5 Å². The monoisotopic (exact) mass is 440 g/mol. The molecule has 0 saturated carbocycles. The average molecular weight is 441 g/mol. The first-order valence-electron chi connectivity index (χ1n) is 10.0. The van der Waals surface area contributed by atoms with E-state index in [9.17, 15) is 14.9 Å². The molecule has 2 aromatic rings. The van der Waals surface area contributed by atoms with Gasteiger partial charge in [-0.25, -0.2) is 0 Å². The van der Waals surface area contributed by atoms with Gasteiger partial charge in [0, 0.05) is 63.2 Å². The van der Waals surface area contributed by atoms with Crippen LogP contribution in [-0.4, -0.2) is 61.8 Å². The average Bonchev–Trinajstić information content (AvgIpc) is 3.23. The molecule has 1 fully saturated rings. The van der Waals surface area contributed by atoms with Crippen LogP contribution in [0.4, 0.5) is 5.69 Å². The Kier molecular flexibility index (Phi) is 5.92. The summed E-state index contributed by atoms with van der Waals surface area (Å²) >= 11 is 1.37. The Hall–Kier alpha value is -2.98. The molecule has 2 aliphatic heterocycles. The van der Waals surface area contributed by atoms with Gasteiger partial charge in [0.2, 0.25) is 0 Å². The van der Waals surface area contributed by atoms with Crippen LogP contribution in [0.15, 0.2) is 34.2 Å². The lowest BCUT2D eigenvalue weighted by atomic mass is 10.1. The van der Waals surface area contributed by atoms with Gasteiger partial charge in [-0.05, 0) is 49.4 Å². The lowest BCUT2D eigenvalue weighted by Crippen LogP contribution is -2.47. The van der Waals surface area contributed by atoms with Gasteiger partial charge in [0.15, 0.2) is 5.17 Å². The molecule has 2 aliphatic rings. The lowest BCUT2D eigenvalue weighted by Gasteiger charge is -2.35. The Bertz CT molecular complexity index is 1080. The summed E-state index contributed by atoms with van der Waals surface area (Å²) in [5.74, 6) is -0.262. The van der Waals surface area contributed by atoms with Crippen molar-refractivity contribution < 1.29 is 9.72 Å².